The lowest BCUT2D eigenvalue weighted by atomic mass is 10.3. The summed E-state index contributed by atoms with van der Waals surface area (Å²) in [6.07, 6.45) is 0. The molecule has 0 aliphatic rings. The topological polar surface area (TPSA) is 32.8 Å². The molecule has 0 spiro atoms. The first-order valence-corrected chi connectivity index (χ1v) is 7.14. The lowest BCUT2D eigenvalue weighted by molar-refractivity contribution is -0.0609. The Morgan fingerprint density at radius 1 is 1.53 bits per heavy atom. The number of rotatable bonds is 3. The van der Waals surface area contributed by atoms with E-state index in [0.717, 1.165) is 20.7 Å². The summed E-state index contributed by atoms with van der Waals surface area (Å²) < 4.78 is 2.00. The van der Waals surface area contributed by atoms with Gasteiger partial charge in [-0.05, 0) is 44.8 Å². The van der Waals surface area contributed by atoms with Crippen molar-refractivity contribution in [3.8, 4) is 0 Å². The normalized spacial score (nSPS) is 10.2. The Bertz CT molecular complexity index is 422. The van der Waals surface area contributed by atoms with Crippen LogP contribution in [0, 0.1) is 0 Å². The summed E-state index contributed by atoms with van der Waals surface area (Å²) in [7, 11) is 8.56. The van der Waals surface area contributed by atoms with Crippen LogP contribution in [-0.2, 0) is 4.84 Å². The number of carbonyl (C=O) groups is 1. The average molecular weight is 360 g/mol. The van der Waals surface area contributed by atoms with Crippen molar-refractivity contribution in [1.29, 1.82) is 0 Å². The molecule has 94 valence electrons. The van der Waals surface area contributed by atoms with Gasteiger partial charge in [0.1, 0.15) is 0 Å². The molecule has 0 saturated carbocycles. The van der Waals surface area contributed by atoms with Crippen LogP contribution in [0.3, 0.4) is 0 Å². The third-order valence-electron chi connectivity index (χ3n) is 1.92. The number of hydrogen-bond acceptors (Lipinski definition) is 3. The number of urea groups is 1. The van der Waals surface area contributed by atoms with Gasteiger partial charge in [-0.25, -0.2) is 14.2 Å². The third-order valence-corrected chi connectivity index (χ3v) is 4.08. The number of nitrogens with zero attached hydrogens (tertiary/aromatic N) is 2. The average Bonchev–Trinajstić information content (AvgIpc) is 2.33. The van der Waals surface area contributed by atoms with E-state index in [2.05, 4.69) is 15.9 Å². The second kappa shape index (κ2) is 6.70. The number of anilines is 1. The van der Waals surface area contributed by atoms with Crippen LogP contribution in [0.4, 0.5) is 10.5 Å². The van der Waals surface area contributed by atoms with E-state index in [9.17, 15) is 4.79 Å². The quantitative estimate of drug-likeness (QED) is 0.595. The molecule has 1 aromatic carbocycles. The van der Waals surface area contributed by atoms with Crippen LogP contribution in [-0.4, -0.2) is 25.3 Å². The summed E-state index contributed by atoms with van der Waals surface area (Å²) in [5.41, 5.74) is 0.562. The van der Waals surface area contributed by atoms with Gasteiger partial charge in [-0.1, -0.05) is 11.6 Å². The number of hydrogen-bond donors (Lipinski definition) is 0. The zero-order valence-corrected chi connectivity index (χ0v) is 12.9. The van der Waals surface area contributed by atoms with Gasteiger partial charge >= 0.3 is 6.03 Å². The summed E-state index contributed by atoms with van der Waals surface area (Å²) >= 11 is 9.97. The Kier molecular flexibility index (Phi) is 5.88. The Morgan fingerprint density at radius 3 is 2.65 bits per heavy atom. The Labute approximate surface area is 122 Å². The molecule has 0 aliphatic heterocycles. The van der Waals surface area contributed by atoms with E-state index >= 15 is 0 Å². The van der Waals surface area contributed by atoms with E-state index < -0.39 is 6.03 Å². The molecule has 0 heterocycles. The first kappa shape index (κ1) is 14.9. The summed E-state index contributed by atoms with van der Waals surface area (Å²) in [6.45, 7) is 0. The van der Waals surface area contributed by atoms with Crippen LogP contribution in [0.5, 0.6) is 0 Å². The van der Waals surface area contributed by atoms with Gasteiger partial charge in [0.15, 0.2) is 0 Å². The SMILES string of the molecule is CON(C)C(=O)N(SCl)c1ccc(Br)c(Cl)c1. The van der Waals surface area contributed by atoms with Crippen LogP contribution in [0.1, 0.15) is 0 Å². The van der Waals surface area contributed by atoms with Crippen molar-refractivity contribution in [2.24, 2.45) is 0 Å². The molecule has 0 atom stereocenters. The highest BCUT2D eigenvalue weighted by atomic mass is 79.9. The molecule has 0 unspecified atom stereocenters. The largest absolute Gasteiger partial charge is 0.359 e. The van der Waals surface area contributed by atoms with Gasteiger partial charge in [0.05, 0.1) is 29.0 Å². The molecular weight excluding hydrogens is 351 g/mol. The van der Waals surface area contributed by atoms with Gasteiger partial charge < -0.3 is 0 Å². The molecule has 0 N–H and O–H groups in total. The second-order valence-electron chi connectivity index (χ2n) is 2.92. The van der Waals surface area contributed by atoms with Gasteiger partial charge in [-0.2, -0.15) is 0 Å². The van der Waals surface area contributed by atoms with Crippen LogP contribution < -0.4 is 4.31 Å². The lowest BCUT2D eigenvalue weighted by Crippen LogP contribution is -2.35. The maximum atomic E-state index is 11.9. The minimum atomic E-state index is -0.411. The van der Waals surface area contributed by atoms with Gasteiger partial charge in [-0.15, -0.1) is 0 Å². The molecule has 8 heteroatoms. The second-order valence-corrected chi connectivity index (χ2v) is 5.10. The Hall–Kier alpha value is -0.140. The molecule has 2 amide bonds. The molecule has 0 aromatic heterocycles. The fourth-order valence-corrected chi connectivity index (χ4v) is 2.20. The molecule has 1 aromatic rings. The maximum absolute atomic E-state index is 11.9. The minimum Gasteiger partial charge on any atom is -0.273 e. The van der Waals surface area contributed by atoms with E-state index in [1.54, 1.807) is 18.2 Å². The number of benzene rings is 1. The summed E-state index contributed by atoms with van der Waals surface area (Å²) in [6, 6.07) is 4.67. The zero-order valence-electron chi connectivity index (χ0n) is 8.99. The van der Waals surface area contributed by atoms with Gasteiger partial charge in [-0.3, -0.25) is 4.84 Å². The smallest absolute Gasteiger partial charge is 0.273 e. The fourth-order valence-electron chi connectivity index (χ4n) is 0.997. The summed E-state index contributed by atoms with van der Waals surface area (Å²) in [4.78, 5) is 16.7. The van der Waals surface area contributed by atoms with Crippen molar-refractivity contribution in [3.05, 3.63) is 27.7 Å². The van der Waals surface area contributed by atoms with Crippen molar-refractivity contribution in [2.45, 2.75) is 0 Å². The molecule has 0 radical (unpaired) electrons. The van der Waals surface area contributed by atoms with Crippen LogP contribution >= 0.6 is 49.4 Å². The highest BCUT2D eigenvalue weighted by Crippen LogP contribution is 2.32. The summed E-state index contributed by atoms with van der Waals surface area (Å²) in [5.74, 6) is 0. The van der Waals surface area contributed by atoms with E-state index in [4.69, 9.17) is 27.1 Å². The highest BCUT2D eigenvalue weighted by Gasteiger charge is 2.21. The number of hydroxylamine groups is 2. The lowest BCUT2D eigenvalue weighted by Gasteiger charge is -2.23. The van der Waals surface area contributed by atoms with E-state index in [1.165, 1.54) is 18.5 Å². The standard InChI is InChI=1S/C9H9BrCl2N2O2S/c1-13(16-2)9(15)14(17-12)6-3-4-7(10)8(11)5-6/h3-5H,1-2H3. The molecule has 0 aliphatic carbocycles. The molecular formula is C9H9BrCl2N2O2S. The predicted octanol–water partition coefficient (Wildman–Crippen LogP) is 4.32. The van der Waals surface area contributed by atoms with E-state index in [-0.39, 0.29) is 0 Å². The van der Waals surface area contributed by atoms with Crippen molar-refractivity contribution >= 4 is 61.1 Å². The molecule has 0 bridgehead atoms. The van der Waals surface area contributed by atoms with Crippen LogP contribution in [0.15, 0.2) is 22.7 Å². The minimum absolute atomic E-state index is 0.411. The third kappa shape index (κ3) is 3.66. The van der Waals surface area contributed by atoms with Gasteiger partial charge in [0.2, 0.25) is 0 Å². The van der Waals surface area contributed by atoms with Crippen molar-refractivity contribution in [2.75, 3.05) is 18.5 Å². The van der Waals surface area contributed by atoms with Crippen molar-refractivity contribution < 1.29 is 9.63 Å². The molecule has 0 saturated heterocycles. The number of halogens is 3. The van der Waals surface area contributed by atoms with Gasteiger partial charge in [0.25, 0.3) is 0 Å². The highest BCUT2D eigenvalue weighted by molar-refractivity contribution is 9.10. The van der Waals surface area contributed by atoms with Crippen molar-refractivity contribution in [3.63, 3.8) is 0 Å². The maximum Gasteiger partial charge on any atom is 0.359 e. The predicted molar refractivity (Wildman–Crippen MR) is 75.2 cm³/mol. The molecule has 1 rings (SSSR count). The fraction of sp³-hybridized carbons (Fsp3) is 0.222. The number of amides is 2. The Morgan fingerprint density at radius 2 is 2.18 bits per heavy atom. The van der Waals surface area contributed by atoms with Crippen LogP contribution in [0.2, 0.25) is 5.02 Å². The van der Waals surface area contributed by atoms with E-state index in [1.807, 2.05) is 0 Å². The zero-order chi connectivity index (χ0) is 13.0. The van der Waals surface area contributed by atoms with Crippen LogP contribution in [0.25, 0.3) is 0 Å². The Balaban J connectivity index is 3.01. The monoisotopic (exact) mass is 358 g/mol. The molecule has 0 fully saturated rings. The molecule has 4 nitrogen and oxygen atoms in total. The van der Waals surface area contributed by atoms with E-state index in [0.29, 0.717) is 10.7 Å². The first-order valence-electron chi connectivity index (χ1n) is 4.37. The van der Waals surface area contributed by atoms with Gasteiger partial charge in [0, 0.05) is 11.5 Å². The first-order chi connectivity index (χ1) is 8.01. The van der Waals surface area contributed by atoms with Crippen molar-refractivity contribution in [1.82, 2.24) is 5.06 Å². The number of carbonyl (C=O) groups excluding carboxylic acids is 1. The summed E-state index contributed by atoms with van der Waals surface area (Å²) in [5, 5.41) is 1.55. The molecule has 17 heavy (non-hydrogen) atoms.